The first-order valence-electron chi connectivity index (χ1n) is 5.49. The largest absolute Gasteiger partial charge is 0.336 e. The highest BCUT2D eigenvalue weighted by molar-refractivity contribution is 5.89. The number of carbonyl (C=O) groups excluding carboxylic acids is 1. The summed E-state index contributed by atoms with van der Waals surface area (Å²) < 4.78 is 0. The Balaban J connectivity index is 2.47. The fraction of sp³-hybridized carbons (Fsp3) is 0.364. The highest BCUT2D eigenvalue weighted by Gasteiger charge is 2.06. The molecule has 0 aliphatic carbocycles. The Morgan fingerprint density at radius 1 is 1.39 bits per heavy atom. The number of nitrogens with one attached hydrogen (secondary N) is 3. The number of nitro groups is 1. The maximum Gasteiger partial charge on any atom is 0.319 e. The Labute approximate surface area is 105 Å². The zero-order valence-corrected chi connectivity index (χ0v) is 10.3. The van der Waals surface area contributed by atoms with Gasteiger partial charge in [-0.3, -0.25) is 10.1 Å². The van der Waals surface area contributed by atoms with Gasteiger partial charge in [0.1, 0.15) is 0 Å². The number of carbonyl (C=O) groups is 1. The molecular weight excluding hydrogens is 236 g/mol. The van der Waals surface area contributed by atoms with Crippen LogP contribution in [0.25, 0.3) is 0 Å². The van der Waals surface area contributed by atoms with Crippen molar-refractivity contribution in [3.63, 3.8) is 0 Å². The van der Waals surface area contributed by atoms with Gasteiger partial charge in [0.15, 0.2) is 0 Å². The Morgan fingerprint density at radius 3 is 2.50 bits per heavy atom. The lowest BCUT2D eigenvalue weighted by Gasteiger charge is -2.12. The fourth-order valence-corrected chi connectivity index (χ4v) is 1.19. The van der Waals surface area contributed by atoms with E-state index in [1.807, 2.05) is 6.92 Å². The van der Waals surface area contributed by atoms with Crippen molar-refractivity contribution in [3.8, 4) is 0 Å². The molecule has 0 heterocycles. The molecular formula is C11H16N4O3. The van der Waals surface area contributed by atoms with Gasteiger partial charge in [-0.25, -0.2) is 4.79 Å². The summed E-state index contributed by atoms with van der Waals surface area (Å²) in [6, 6.07) is 5.48. The number of non-ortho nitro benzene ring substituents is 1. The molecule has 7 nitrogen and oxygen atoms in total. The van der Waals surface area contributed by atoms with Crippen molar-refractivity contribution in [1.29, 1.82) is 0 Å². The number of hydrogen-bond donors (Lipinski definition) is 3. The van der Waals surface area contributed by atoms with Crippen LogP contribution in [0.1, 0.15) is 6.92 Å². The van der Waals surface area contributed by atoms with Crippen molar-refractivity contribution < 1.29 is 9.72 Å². The molecule has 1 aromatic rings. The van der Waals surface area contributed by atoms with Crippen LogP contribution in [0.3, 0.4) is 0 Å². The summed E-state index contributed by atoms with van der Waals surface area (Å²) in [7, 11) is 1.81. The number of likely N-dealkylation sites (N-methyl/N-ethyl adjacent to an activating group) is 1. The predicted octanol–water partition coefficient (Wildman–Crippen LogP) is 1.32. The van der Waals surface area contributed by atoms with Crippen molar-refractivity contribution in [3.05, 3.63) is 34.4 Å². The minimum Gasteiger partial charge on any atom is -0.336 e. The van der Waals surface area contributed by atoms with Crippen molar-refractivity contribution >= 4 is 17.4 Å². The van der Waals surface area contributed by atoms with E-state index in [0.717, 1.165) is 0 Å². The molecule has 0 radical (unpaired) electrons. The first-order chi connectivity index (χ1) is 8.52. The zero-order chi connectivity index (χ0) is 13.5. The molecule has 0 saturated carbocycles. The van der Waals surface area contributed by atoms with Crippen LogP contribution in [-0.2, 0) is 0 Å². The SMILES string of the molecule is CNC(C)CNC(=O)Nc1ccc([N+](=O)[O-])cc1. The van der Waals surface area contributed by atoms with Crippen molar-refractivity contribution in [2.45, 2.75) is 13.0 Å². The average molecular weight is 252 g/mol. The lowest BCUT2D eigenvalue weighted by atomic mass is 10.3. The first-order valence-corrected chi connectivity index (χ1v) is 5.49. The second-order valence-electron chi connectivity index (χ2n) is 3.83. The summed E-state index contributed by atoms with van der Waals surface area (Å²) >= 11 is 0. The molecule has 18 heavy (non-hydrogen) atoms. The van der Waals surface area contributed by atoms with Gasteiger partial charge in [-0.2, -0.15) is 0 Å². The Hall–Kier alpha value is -2.15. The summed E-state index contributed by atoms with van der Waals surface area (Å²) in [6.45, 7) is 2.43. The van der Waals surface area contributed by atoms with Crippen LogP contribution < -0.4 is 16.0 Å². The molecule has 1 aromatic carbocycles. The van der Waals surface area contributed by atoms with Crippen molar-refractivity contribution in [2.24, 2.45) is 0 Å². The van der Waals surface area contributed by atoms with Crippen LogP contribution in [0, 0.1) is 10.1 Å². The van der Waals surface area contributed by atoms with E-state index in [1.54, 1.807) is 7.05 Å². The molecule has 0 bridgehead atoms. The summed E-state index contributed by atoms with van der Waals surface area (Å²) in [4.78, 5) is 21.4. The van der Waals surface area contributed by atoms with Gasteiger partial charge in [0.2, 0.25) is 0 Å². The third kappa shape index (κ3) is 4.38. The summed E-state index contributed by atoms with van der Waals surface area (Å²) in [5.74, 6) is 0. The molecule has 0 aromatic heterocycles. The first kappa shape index (κ1) is 13.9. The molecule has 98 valence electrons. The van der Waals surface area contributed by atoms with Gasteiger partial charge in [-0.15, -0.1) is 0 Å². The topological polar surface area (TPSA) is 96.3 Å². The maximum absolute atomic E-state index is 11.5. The maximum atomic E-state index is 11.5. The third-order valence-electron chi connectivity index (χ3n) is 2.40. The van der Waals surface area contributed by atoms with Gasteiger partial charge in [0, 0.05) is 30.4 Å². The molecule has 1 atom stereocenters. The van der Waals surface area contributed by atoms with E-state index in [9.17, 15) is 14.9 Å². The molecule has 0 aliphatic rings. The predicted molar refractivity (Wildman–Crippen MR) is 68.6 cm³/mol. The molecule has 1 unspecified atom stereocenters. The Morgan fingerprint density at radius 2 is 2.00 bits per heavy atom. The van der Waals surface area contributed by atoms with Crippen LogP contribution >= 0.6 is 0 Å². The lowest BCUT2D eigenvalue weighted by Crippen LogP contribution is -2.39. The highest BCUT2D eigenvalue weighted by atomic mass is 16.6. The second-order valence-corrected chi connectivity index (χ2v) is 3.83. The quantitative estimate of drug-likeness (QED) is 0.544. The van der Waals surface area contributed by atoms with Crippen LogP contribution in [0.5, 0.6) is 0 Å². The lowest BCUT2D eigenvalue weighted by molar-refractivity contribution is -0.384. The van der Waals surface area contributed by atoms with Gasteiger partial charge in [0.25, 0.3) is 5.69 Å². The number of anilines is 1. The second kappa shape index (κ2) is 6.55. The van der Waals surface area contributed by atoms with E-state index in [-0.39, 0.29) is 17.8 Å². The van der Waals surface area contributed by atoms with Gasteiger partial charge < -0.3 is 16.0 Å². The summed E-state index contributed by atoms with van der Waals surface area (Å²) in [5.41, 5.74) is 0.500. The third-order valence-corrected chi connectivity index (χ3v) is 2.40. The van der Waals surface area contributed by atoms with E-state index >= 15 is 0 Å². The monoisotopic (exact) mass is 252 g/mol. The zero-order valence-electron chi connectivity index (χ0n) is 10.3. The van der Waals surface area contributed by atoms with Crippen molar-refractivity contribution in [1.82, 2.24) is 10.6 Å². The van der Waals surface area contributed by atoms with E-state index in [4.69, 9.17) is 0 Å². The molecule has 2 amide bonds. The van der Waals surface area contributed by atoms with Gasteiger partial charge in [-0.1, -0.05) is 0 Å². The van der Waals surface area contributed by atoms with E-state index in [0.29, 0.717) is 12.2 Å². The van der Waals surface area contributed by atoms with Gasteiger partial charge in [0.05, 0.1) is 4.92 Å². The minimum atomic E-state index is -0.488. The van der Waals surface area contributed by atoms with Crippen LogP contribution in [0.2, 0.25) is 0 Å². The molecule has 0 aliphatic heterocycles. The molecule has 3 N–H and O–H groups in total. The van der Waals surface area contributed by atoms with Crippen LogP contribution in [0.15, 0.2) is 24.3 Å². The van der Waals surface area contributed by atoms with Crippen LogP contribution in [-0.4, -0.2) is 30.6 Å². The van der Waals surface area contributed by atoms with Gasteiger partial charge >= 0.3 is 6.03 Å². The number of hydrogen-bond acceptors (Lipinski definition) is 4. The Bertz CT molecular complexity index is 419. The highest BCUT2D eigenvalue weighted by Crippen LogP contribution is 2.14. The smallest absolute Gasteiger partial charge is 0.319 e. The number of rotatable bonds is 5. The fourth-order valence-electron chi connectivity index (χ4n) is 1.19. The van der Waals surface area contributed by atoms with Crippen molar-refractivity contribution in [2.75, 3.05) is 18.9 Å². The number of nitro benzene ring substituents is 1. The average Bonchev–Trinajstić information content (AvgIpc) is 2.36. The molecule has 7 heteroatoms. The molecule has 0 spiro atoms. The normalized spacial score (nSPS) is 11.7. The number of amides is 2. The van der Waals surface area contributed by atoms with Crippen LogP contribution in [0.4, 0.5) is 16.2 Å². The van der Waals surface area contributed by atoms with Gasteiger partial charge in [-0.05, 0) is 26.1 Å². The molecule has 1 rings (SSSR count). The van der Waals surface area contributed by atoms with E-state index in [2.05, 4.69) is 16.0 Å². The number of benzene rings is 1. The standard InChI is InChI=1S/C11H16N4O3/c1-8(12-2)7-13-11(16)14-9-3-5-10(6-4-9)15(17)18/h3-6,8,12H,7H2,1-2H3,(H2,13,14,16). The number of urea groups is 1. The summed E-state index contributed by atoms with van der Waals surface area (Å²) in [6.07, 6.45) is 0. The molecule has 0 fully saturated rings. The Kier molecular flexibility index (Phi) is 5.06. The minimum absolute atomic E-state index is 0.00948. The summed E-state index contributed by atoms with van der Waals surface area (Å²) in [5, 5.41) is 18.7. The number of nitrogens with zero attached hydrogens (tertiary/aromatic N) is 1. The van der Waals surface area contributed by atoms with E-state index < -0.39 is 4.92 Å². The molecule has 0 saturated heterocycles. The van der Waals surface area contributed by atoms with E-state index in [1.165, 1.54) is 24.3 Å².